The highest BCUT2D eigenvalue weighted by molar-refractivity contribution is 5.61. The molecule has 0 saturated carbocycles. The van der Waals surface area contributed by atoms with Crippen molar-refractivity contribution in [1.82, 2.24) is 9.97 Å². The van der Waals surface area contributed by atoms with Gasteiger partial charge >= 0.3 is 0 Å². The molecule has 1 aliphatic heterocycles. The number of rotatable bonds is 4. The molecule has 0 unspecified atom stereocenters. The molecule has 4 rings (SSSR count). The molecule has 0 amide bonds. The van der Waals surface area contributed by atoms with Gasteiger partial charge in [0.1, 0.15) is 17.4 Å². The first-order valence-electron chi connectivity index (χ1n) is 9.27. The van der Waals surface area contributed by atoms with Crippen LogP contribution in [0.4, 0.5) is 10.2 Å². The Morgan fingerprint density at radius 1 is 1.00 bits per heavy atom. The molecular formula is C22H22FN3O2. The number of hydrogen-bond acceptors (Lipinski definition) is 5. The van der Waals surface area contributed by atoms with Crippen molar-refractivity contribution in [2.75, 3.05) is 25.1 Å². The molecular weight excluding hydrogens is 357 g/mol. The van der Waals surface area contributed by atoms with E-state index in [2.05, 4.69) is 9.88 Å². The van der Waals surface area contributed by atoms with Gasteiger partial charge in [-0.2, -0.15) is 0 Å². The van der Waals surface area contributed by atoms with Crippen LogP contribution in [0.15, 0.2) is 60.9 Å². The zero-order valence-electron chi connectivity index (χ0n) is 15.7. The van der Waals surface area contributed by atoms with E-state index in [9.17, 15) is 9.50 Å². The minimum absolute atomic E-state index is 0.296. The van der Waals surface area contributed by atoms with E-state index < -0.39 is 5.60 Å². The average Bonchev–Trinajstić information content (AvgIpc) is 2.75. The predicted octanol–water partition coefficient (Wildman–Crippen LogP) is 3.78. The SMILES string of the molecule is COc1ccc(-c2cncc(N3CCC(O)(c4ccc(F)cc4)CC3)n2)cc1. The van der Waals surface area contributed by atoms with E-state index in [0.29, 0.717) is 25.9 Å². The number of ether oxygens (including phenoxy) is 1. The number of halogens is 1. The van der Waals surface area contributed by atoms with Crippen LogP contribution < -0.4 is 9.64 Å². The monoisotopic (exact) mass is 379 g/mol. The number of piperidine rings is 1. The lowest BCUT2D eigenvalue weighted by molar-refractivity contribution is 0.0116. The molecule has 1 fully saturated rings. The van der Waals surface area contributed by atoms with E-state index >= 15 is 0 Å². The summed E-state index contributed by atoms with van der Waals surface area (Å²) in [5.41, 5.74) is 1.58. The molecule has 1 N–H and O–H groups in total. The topological polar surface area (TPSA) is 58.5 Å². The number of aromatic nitrogens is 2. The first kappa shape index (κ1) is 18.4. The Balaban J connectivity index is 1.49. The lowest BCUT2D eigenvalue weighted by Gasteiger charge is -2.39. The van der Waals surface area contributed by atoms with Gasteiger partial charge in [-0.1, -0.05) is 12.1 Å². The Bertz CT molecular complexity index is 937. The molecule has 2 heterocycles. The number of nitrogens with zero attached hydrogens (tertiary/aromatic N) is 3. The van der Waals surface area contributed by atoms with Gasteiger partial charge in [0.05, 0.1) is 30.8 Å². The van der Waals surface area contributed by atoms with Crippen LogP contribution in [0.1, 0.15) is 18.4 Å². The fraction of sp³-hybridized carbons (Fsp3) is 0.273. The second kappa shape index (κ2) is 7.56. The molecule has 1 aliphatic rings. The lowest BCUT2D eigenvalue weighted by atomic mass is 9.84. The summed E-state index contributed by atoms with van der Waals surface area (Å²) < 4.78 is 18.4. The quantitative estimate of drug-likeness (QED) is 0.748. The van der Waals surface area contributed by atoms with Gasteiger partial charge < -0.3 is 14.7 Å². The first-order valence-corrected chi connectivity index (χ1v) is 9.27. The minimum Gasteiger partial charge on any atom is -0.497 e. The Morgan fingerprint density at radius 3 is 2.32 bits per heavy atom. The van der Waals surface area contributed by atoms with Gasteiger partial charge in [0.15, 0.2) is 0 Å². The maximum Gasteiger partial charge on any atom is 0.147 e. The molecule has 28 heavy (non-hydrogen) atoms. The van der Waals surface area contributed by atoms with E-state index in [-0.39, 0.29) is 5.82 Å². The number of methoxy groups -OCH3 is 1. The molecule has 1 aromatic heterocycles. The van der Waals surface area contributed by atoms with E-state index in [1.807, 2.05) is 24.3 Å². The van der Waals surface area contributed by atoms with Gasteiger partial charge in [-0.15, -0.1) is 0 Å². The van der Waals surface area contributed by atoms with Crippen molar-refractivity contribution in [2.24, 2.45) is 0 Å². The van der Waals surface area contributed by atoms with E-state index in [4.69, 9.17) is 9.72 Å². The van der Waals surface area contributed by atoms with E-state index in [1.54, 1.807) is 31.6 Å². The van der Waals surface area contributed by atoms with Gasteiger partial charge in [-0.05, 0) is 54.8 Å². The summed E-state index contributed by atoms with van der Waals surface area (Å²) in [6, 6.07) is 13.8. The first-order chi connectivity index (χ1) is 13.6. The third kappa shape index (κ3) is 3.68. The van der Waals surface area contributed by atoms with Crippen molar-refractivity contribution in [2.45, 2.75) is 18.4 Å². The number of hydrogen-bond donors (Lipinski definition) is 1. The summed E-state index contributed by atoms with van der Waals surface area (Å²) in [4.78, 5) is 11.2. The second-order valence-electron chi connectivity index (χ2n) is 7.02. The van der Waals surface area contributed by atoms with Gasteiger partial charge in [-0.3, -0.25) is 4.98 Å². The Hall–Kier alpha value is -2.99. The molecule has 2 aromatic carbocycles. The normalized spacial score (nSPS) is 16.0. The standard InChI is InChI=1S/C22H22FN3O2/c1-28-19-8-2-16(3-9-19)20-14-24-15-21(25-20)26-12-10-22(27,11-13-26)17-4-6-18(23)7-5-17/h2-9,14-15,27H,10-13H2,1H3. The number of benzene rings is 2. The smallest absolute Gasteiger partial charge is 0.147 e. The summed E-state index contributed by atoms with van der Waals surface area (Å²) in [7, 11) is 1.64. The molecule has 1 saturated heterocycles. The van der Waals surface area contributed by atoms with Crippen molar-refractivity contribution >= 4 is 5.82 Å². The zero-order chi connectivity index (χ0) is 19.6. The van der Waals surface area contributed by atoms with Gasteiger partial charge in [0.2, 0.25) is 0 Å². The molecule has 5 nitrogen and oxygen atoms in total. The van der Waals surface area contributed by atoms with Crippen LogP contribution in [0.5, 0.6) is 5.75 Å². The maximum atomic E-state index is 13.2. The molecule has 0 spiro atoms. The second-order valence-corrected chi connectivity index (χ2v) is 7.02. The van der Waals surface area contributed by atoms with Crippen molar-refractivity contribution in [3.63, 3.8) is 0 Å². The zero-order valence-corrected chi connectivity index (χ0v) is 15.7. The van der Waals surface area contributed by atoms with Crippen LogP contribution in [0.2, 0.25) is 0 Å². The van der Waals surface area contributed by atoms with E-state index in [0.717, 1.165) is 28.4 Å². The summed E-state index contributed by atoms with van der Waals surface area (Å²) in [5.74, 6) is 1.29. The fourth-order valence-electron chi connectivity index (χ4n) is 3.56. The Labute approximate surface area is 163 Å². The van der Waals surface area contributed by atoms with Crippen LogP contribution >= 0.6 is 0 Å². The van der Waals surface area contributed by atoms with Crippen molar-refractivity contribution in [3.8, 4) is 17.0 Å². The van der Waals surface area contributed by atoms with Crippen molar-refractivity contribution in [3.05, 3.63) is 72.3 Å². The highest BCUT2D eigenvalue weighted by atomic mass is 19.1. The van der Waals surface area contributed by atoms with Crippen LogP contribution in [0.3, 0.4) is 0 Å². The molecule has 0 radical (unpaired) electrons. The van der Waals surface area contributed by atoms with Crippen molar-refractivity contribution < 1.29 is 14.2 Å². The van der Waals surface area contributed by atoms with Gasteiger partial charge in [0, 0.05) is 18.7 Å². The van der Waals surface area contributed by atoms with Crippen LogP contribution in [0, 0.1) is 5.82 Å². The third-order valence-corrected chi connectivity index (χ3v) is 5.30. The van der Waals surface area contributed by atoms with Crippen LogP contribution in [0.25, 0.3) is 11.3 Å². The van der Waals surface area contributed by atoms with Crippen molar-refractivity contribution in [1.29, 1.82) is 0 Å². The fourth-order valence-corrected chi connectivity index (χ4v) is 3.56. The van der Waals surface area contributed by atoms with Gasteiger partial charge in [-0.25, -0.2) is 9.37 Å². The number of aliphatic hydroxyl groups is 1. The van der Waals surface area contributed by atoms with Crippen LogP contribution in [-0.4, -0.2) is 35.3 Å². The van der Waals surface area contributed by atoms with E-state index in [1.165, 1.54) is 12.1 Å². The molecule has 6 heteroatoms. The molecule has 0 bridgehead atoms. The highest BCUT2D eigenvalue weighted by Crippen LogP contribution is 2.34. The summed E-state index contributed by atoms with van der Waals surface area (Å²) in [5, 5.41) is 11.0. The lowest BCUT2D eigenvalue weighted by Crippen LogP contribution is -2.43. The molecule has 3 aromatic rings. The Morgan fingerprint density at radius 2 is 1.68 bits per heavy atom. The highest BCUT2D eigenvalue weighted by Gasteiger charge is 2.34. The summed E-state index contributed by atoms with van der Waals surface area (Å²) >= 11 is 0. The largest absolute Gasteiger partial charge is 0.497 e. The average molecular weight is 379 g/mol. The minimum atomic E-state index is -0.939. The molecule has 0 aliphatic carbocycles. The number of anilines is 1. The third-order valence-electron chi connectivity index (χ3n) is 5.30. The predicted molar refractivity (Wildman–Crippen MR) is 106 cm³/mol. The van der Waals surface area contributed by atoms with Gasteiger partial charge in [0.25, 0.3) is 0 Å². The molecule has 0 atom stereocenters. The summed E-state index contributed by atoms with van der Waals surface area (Å²) in [6.07, 6.45) is 4.58. The summed E-state index contributed by atoms with van der Waals surface area (Å²) in [6.45, 7) is 1.29. The molecule has 144 valence electrons. The van der Waals surface area contributed by atoms with Crippen LogP contribution in [-0.2, 0) is 5.60 Å². The Kier molecular flexibility index (Phi) is 4.96. The maximum absolute atomic E-state index is 13.2.